The van der Waals surface area contributed by atoms with Crippen molar-refractivity contribution in [3.63, 3.8) is 0 Å². The van der Waals surface area contributed by atoms with Crippen molar-refractivity contribution in [3.8, 4) is 0 Å². The molecule has 1 aliphatic heterocycles. The lowest BCUT2D eigenvalue weighted by molar-refractivity contribution is 0.102. The molecule has 1 amide bonds. The highest BCUT2D eigenvalue weighted by atomic mass is 35.5. The first-order chi connectivity index (χ1) is 12.0. The van der Waals surface area contributed by atoms with Gasteiger partial charge in [0.05, 0.1) is 5.02 Å². The second-order valence-electron chi connectivity index (χ2n) is 6.76. The Morgan fingerprint density at radius 3 is 2.72 bits per heavy atom. The average molecular weight is 361 g/mol. The zero-order chi connectivity index (χ0) is 17.8. The zero-order valence-electron chi connectivity index (χ0n) is 14.3. The van der Waals surface area contributed by atoms with Crippen molar-refractivity contribution >= 4 is 23.2 Å². The number of halogens is 2. The van der Waals surface area contributed by atoms with E-state index in [4.69, 9.17) is 11.6 Å². The fourth-order valence-electron chi connectivity index (χ4n) is 3.23. The van der Waals surface area contributed by atoms with E-state index in [-0.39, 0.29) is 10.9 Å². The lowest BCUT2D eigenvalue weighted by Gasteiger charge is -2.30. The SMILES string of the molecule is C[C@@H]1CCCN(Cc2ccc(C(=O)Nc3ccc(F)c(Cl)c3)cc2)C1. The van der Waals surface area contributed by atoms with Crippen LogP contribution in [0.25, 0.3) is 0 Å². The monoisotopic (exact) mass is 360 g/mol. The number of hydrogen-bond acceptors (Lipinski definition) is 2. The second-order valence-corrected chi connectivity index (χ2v) is 7.17. The van der Waals surface area contributed by atoms with Gasteiger partial charge in [-0.05, 0) is 61.2 Å². The number of carbonyl (C=O) groups is 1. The van der Waals surface area contributed by atoms with Gasteiger partial charge in [-0.25, -0.2) is 4.39 Å². The maximum Gasteiger partial charge on any atom is 0.255 e. The van der Waals surface area contributed by atoms with Crippen molar-refractivity contribution in [1.82, 2.24) is 4.90 Å². The number of piperidine rings is 1. The molecule has 3 nitrogen and oxygen atoms in total. The Kier molecular flexibility index (Phi) is 5.71. The van der Waals surface area contributed by atoms with Gasteiger partial charge in [-0.3, -0.25) is 9.69 Å². The van der Waals surface area contributed by atoms with E-state index in [1.807, 2.05) is 24.3 Å². The summed E-state index contributed by atoms with van der Waals surface area (Å²) in [6.45, 7) is 5.48. The number of nitrogens with zero attached hydrogens (tertiary/aromatic N) is 1. The van der Waals surface area contributed by atoms with E-state index in [0.717, 1.165) is 25.6 Å². The van der Waals surface area contributed by atoms with Crippen molar-refractivity contribution in [3.05, 3.63) is 64.4 Å². The third-order valence-corrected chi connectivity index (χ3v) is 4.83. The first kappa shape index (κ1) is 17.9. The van der Waals surface area contributed by atoms with Crippen molar-refractivity contribution in [2.75, 3.05) is 18.4 Å². The van der Waals surface area contributed by atoms with Gasteiger partial charge in [0.1, 0.15) is 5.82 Å². The van der Waals surface area contributed by atoms with Crippen LogP contribution in [0.2, 0.25) is 5.02 Å². The van der Waals surface area contributed by atoms with Crippen LogP contribution in [0, 0.1) is 11.7 Å². The molecule has 0 bridgehead atoms. The molecular weight excluding hydrogens is 339 g/mol. The zero-order valence-corrected chi connectivity index (χ0v) is 15.0. The fourth-order valence-corrected chi connectivity index (χ4v) is 3.41. The number of amides is 1. The van der Waals surface area contributed by atoms with Gasteiger partial charge in [0.25, 0.3) is 5.91 Å². The van der Waals surface area contributed by atoms with Gasteiger partial charge in [-0.15, -0.1) is 0 Å². The third kappa shape index (κ3) is 4.80. The van der Waals surface area contributed by atoms with Crippen LogP contribution in [-0.4, -0.2) is 23.9 Å². The maximum atomic E-state index is 13.2. The quantitative estimate of drug-likeness (QED) is 0.835. The largest absolute Gasteiger partial charge is 0.322 e. The number of nitrogens with one attached hydrogen (secondary N) is 1. The van der Waals surface area contributed by atoms with Crippen LogP contribution < -0.4 is 5.32 Å². The maximum absolute atomic E-state index is 13.2. The summed E-state index contributed by atoms with van der Waals surface area (Å²) in [7, 11) is 0. The Labute approximate surface area is 152 Å². The molecule has 1 fully saturated rings. The molecule has 3 rings (SSSR count). The molecule has 25 heavy (non-hydrogen) atoms. The van der Waals surface area contributed by atoms with Gasteiger partial charge in [0, 0.05) is 24.3 Å². The molecule has 132 valence electrons. The summed E-state index contributed by atoms with van der Waals surface area (Å²) in [5.41, 5.74) is 2.24. The van der Waals surface area contributed by atoms with Crippen LogP contribution in [0.5, 0.6) is 0 Å². The molecular formula is C20H22ClFN2O. The minimum absolute atomic E-state index is 0.0103. The Bertz CT molecular complexity index is 748. The van der Waals surface area contributed by atoms with Crippen LogP contribution in [0.3, 0.4) is 0 Å². The summed E-state index contributed by atoms with van der Waals surface area (Å²) in [4.78, 5) is 14.8. The normalized spacial score (nSPS) is 18.1. The summed E-state index contributed by atoms with van der Waals surface area (Å²) in [6.07, 6.45) is 2.56. The molecule has 1 saturated heterocycles. The minimum atomic E-state index is -0.504. The van der Waals surface area contributed by atoms with E-state index < -0.39 is 5.82 Å². The molecule has 5 heteroatoms. The van der Waals surface area contributed by atoms with Crippen LogP contribution in [0.15, 0.2) is 42.5 Å². The van der Waals surface area contributed by atoms with Gasteiger partial charge in [0.15, 0.2) is 0 Å². The highest BCUT2D eigenvalue weighted by Crippen LogP contribution is 2.21. The number of carbonyl (C=O) groups excluding carboxylic acids is 1. The molecule has 1 N–H and O–H groups in total. The molecule has 2 aromatic rings. The number of likely N-dealkylation sites (tertiary alicyclic amines) is 1. The number of rotatable bonds is 4. The average Bonchev–Trinajstić information content (AvgIpc) is 2.59. The van der Waals surface area contributed by atoms with Gasteiger partial charge in [-0.2, -0.15) is 0 Å². The van der Waals surface area contributed by atoms with Crippen LogP contribution in [-0.2, 0) is 6.54 Å². The number of hydrogen-bond donors (Lipinski definition) is 1. The predicted molar refractivity (Wildman–Crippen MR) is 99.5 cm³/mol. The van der Waals surface area contributed by atoms with E-state index in [0.29, 0.717) is 11.3 Å². The van der Waals surface area contributed by atoms with E-state index >= 15 is 0 Å². The van der Waals surface area contributed by atoms with Crippen LogP contribution in [0.4, 0.5) is 10.1 Å². The number of anilines is 1. The van der Waals surface area contributed by atoms with E-state index in [1.54, 1.807) is 0 Å². The summed E-state index contributed by atoms with van der Waals surface area (Å²) in [6, 6.07) is 11.8. The lowest BCUT2D eigenvalue weighted by atomic mass is 9.99. The summed E-state index contributed by atoms with van der Waals surface area (Å²) in [5.74, 6) is 0.0122. The Morgan fingerprint density at radius 2 is 2.04 bits per heavy atom. The summed E-state index contributed by atoms with van der Waals surface area (Å²) >= 11 is 5.74. The molecule has 1 heterocycles. The topological polar surface area (TPSA) is 32.3 Å². The highest BCUT2D eigenvalue weighted by molar-refractivity contribution is 6.31. The van der Waals surface area contributed by atoms with Gasteiger partial charge in [-0.1, -0.05) is 30.7 Å². The summed E-state index contributed by atoms with van der Waals surface area (Å²) in [5, 5.41) is 2.72. The molecule has 2 aromatic carbocycles. The van der Waals surface area contributed by atoms with Crippen LogP contribution in [0.1, 0.15) is 35.7 Å². The van der Waals surface area contributed by atoms with Gasteiger partial charge in [0.2, 0.25) is 0 Å². The van der Waals surface area contributed by atoms with E-state index in [2.05, 4.69) is 17.1 Å². The predicted octanol–water partition coefficient (Wildman–Crippen LogP) is 4.96. The molecule has 0 spiro atoms. The molecule has 0 aromatic heterocycles. The lowest BCUT2D eigenvalue weighted by Crippen LogP contribution is -2.33. The Morgan fingerprint density at radius 1 is 1.28 bits per heavy atom. The second kappa shape index (κ2) is 7.98. The molecule has 1 aliphatic rings. The smallest absolute Gasteiger partial charge is 0.255 e. The highest BCUT2D eigenvalue weighted by Gasteiger charge is 2.16. The standard InChI is InChI=1S/C20H22ClFN2O/c1-14-3-2-10-24(12-14)13-15-4-6-16(7-5-15)20(25)23-17-8-9-19(22)18(21)11-17/h4-9,11,14H,2-3,10,12-13H2,1H3,(H,23,25)/t14-/m1/s1. The van der Waals surface area contributed by atoms with Crippen LogP contribution >= 0.6 is 11.6 Å². The third-order valence-electron chi connectivity index (χ3n) is 4.54. The summed E-state index contributed by atoms with van der Waals surface area (Å²) < 4.78 is 13.2. The van der Waals surface area contributed by atoms with Crippen molar-refractivity contribution in [2.24, 2.45) is 5.92 Å². The molecule has 0 aliphatic carbocycles. The van der Waals surface area contributed by atoms with E-state index in [1.165, 1.54) is 36.6 Å². The molecule has 1 atom stereocenters. The Hall–Kier alpha value is -1.91. The molecule has 0 saturated carbocycles. The number of benzene rings is 2. The first-order valence-electron chi connectivity index (χ1n) is 8.59. The first-order valence-corrected chi connectivity index (χ1v) is 8.97. The molecule has 0 radical (unpaired) electrons. The molecule has 0 unspecified atom stereocenters. The minimum Gasteiger partial charge on any atom is -0.322 e. The van der Waals surface area contributed by atoms with Crippen molar-refractivity contribution in [1.29, 1.82) is 0 Å². The fraction of sp³-hybridized carbons (Fsp3) is 0.350. The Balaban J connectivity index is 1.61. The van der Waals surface area contributed by atoms with Gasteiger partial charge >= 0.3 is 0 Å². The van der Waals surface area contributed by atoms with Crippen molar-refractivity contribution in [2.45, 2.75) is 26.3 Å². The van der Waals surface area contributed by atoms with Gasteiger partial charge < -0.3 is 5.32 Å². The van der Waals surface area contributed by atoms with Crippen molar-refractivity contribution < 1.29 is 9.18 Å². The van der Waals surface area contributed by atoms with E-state index in [9.17, 15) is 9.18 Å².